The van der Waals surface area contributed by atoms with E-state index in [1.54, 1.807) is 31.4 Å². The SMILES string of the molecule is COc1cc(C(=O)NC2CCN(C)CC2)ccc1Nc1ncc2c(n1)N(C1CCC1)CC(F)C(=O)N2C. The molecule has 3 heterocycles. The van der Waals surface area contributed by atoms with Gasteiger partial charge in [0.05, 0.1) is 25.5 Å². The quantitative estimate of drug-likeness (QED) is 0.611. The number of nitrogens with one attached hydrogen (secondary N) is 2. The summed E-state index contributed by atoms with van der Waals surface area (Å²) in [6, 6.07) is 5.49. The van der Waals surface area contributed by atoms with Crippen LogP contribution in [0.5, 0.6) is 5.75 Å². The van der Waals surface area contributed by atoms with Crippen LogP contribution >= 0.6 is 0 Å². The van der Waals surface area contributed by atoms with Crippen molar-refractivity contribution < 1.29 is 18.7 Å². The number of methoxy groups -OCH3 is 1. The van der Waals surface area contributed by atoms with Crippen LogP contribution in [0.3, 0.4) is 0 Å². The van der Waals surface area contributed by atoms with Crippen molar-refractivity contribution in [1.82, 2.24) is 20.2 Å². The summed E-state index contributed by atoms with van der Waals surface area (Å²) in [6.07, 6.45) is 4.72. The highest BCUT2D eigenvalue weighted by Gasteiger charge is 2.38. The number of benzene rings is 1. The zero-order valence-corrected chi connectivity index (χ0v) is 21.5. The van der Waals surface area contributed by atoms with Gasteiger partial charge in [0.25, 0.3) is 11.8 Å². The van der Waals surface area contributed by atoms with Gasteiger partial charge in [0.2, 0.25) is 5.95 Å². The van der Waals surface area contributed by atoms with Crippen LogP contribution in [0.2, 0.25) is 0 Å². The number of hydrogen-bond acceptors (Lipinski definition) is 8. The highest BCUT2D eigenvalue weighted by atomic mass is 19.1. The molecule has 0 radical (unpaired) electrons. The topological polar surface area (TPSA) is 103 Å². The van der Waals surface area contributed by atoms with Gasteiger partial charge in [0.15, 0.2) is 12.0 Å². The summed E-state index contributed by atoms with van der Waals surface area (Å²) in [7, 11) is 5.17. The van der Waals surface area contributed by atoms with E-state index < -0.39 is 12.1 Å². The zero-order chi connectivity index (χ0) is 26.1. The largest absolute Gasteiger partial charge is 0.495 e. The fraction of sp³-hybridized carbons (Fsp3) is 0.538. The fourth-order valence-corrected chi connectivity index (χ4v) is 5.04. The maximum atomic E-state index is 14.7. The van der Waals surface area contributed by atoms with Crippen LogP contribution < -0.4 is 25.2 Å². The zero-order valence-electron chi connectivity index (χ0n) is 21.5. The standard InChI is InChI=1S/C26H34FN7O3/c1-32-11-9-17(10-12-32)29-24(35)16-7-8-20(22(13-16)37-3)30-26-28-14-21-23(31-26)34(18-5-4-6-18)15-19(27)25(36)33(21)2/h7-8,13-14,17-19H,4-6,9-12,15H2,1-3H3,(H,29,35)(H,28,30,31). The van der Waals surface area contributed by atoms with Crippen LogP contribution in [0.15, 0.2) is 24.4 Å². The molecule has 1 aromatic carbocycles. The number of hydrogen-bond donors (Lipinski definition) is 2. The molecule has 1 aliphatic carbocycles. The van der Waals surface area contributed by atoms with Crippen molar-refractivity contribution in [2.45, 2.75) is 50.4 Å². The fourth-order valence-electron chi connectivity index (χ4n) is 5.04. The van der Waals surface area contributed by atoms with Gasteiger partial charge < -0.3 is 30.1 Å². The van der Waals surface area contributed by atoms with Crippen LogP contribution in [-0.2, 0) is 4.79 Å². The maximum absolute atomic E-state index is 14.7. The van der Waals surface area contributed by atoms with Gasteiger partial charge in [0.1, 0.15) is 11.4 Å². The van der Waals surface area contributed by atoms with Crippen molar-refractivity contribution in [1.29, 1.82) is 0 Å². The van der Waals surface area contributed by atoms with E-state index >= 15 is 0 Å². The molecule has 1 aromatic heterocycles. The molecule has 5 rings (SSSR count). The van der Waals surface area contributed by atoms with E-state index in [1.807, 2.05) is 4.90 Å². The van der Waals surface area contributed by atoms with E-state index in [0.29, 0.717) is 34.5 Å². The molecule has 0 bridgehead atoms. The molecule has 0 spiro atoms. The predicted molar refractivity (Wildman–Crippen MR) is 140 cm³/mol. The Morgan fingerprint density at radius 1 is 1.16 bits per heavy atom. The normalized spacial score (nSPS) is 21.2. The first-order valence-corrected chi connectivity index (χ1v) is 12.8. The van der Waals surface area contributed by atoms with Crippen LogP contribution in [0, 0.1) is 0 Å². The number of halogens is 1. The molecular weight excluding hydrogens is 477 g/mol. The van der Waals surface area contributed by atoms with Gasteiger partial charge in [-0.05, 0) is 70.4 Å². The molecule has 3 aliphatic rings. The number of ether oxygens (including phenoxy) is 1. The number of anilines is 4. The van der Waals surface area contributed by atoms with Crippen molar-refractivity contribution >= 4 is 35.0 Å². The molecule has 1 unspecified atom stereocenters. The van der Waals surface area contributed by atoms with Crippen LogP contribution in [0.1, 0.15) is 42.5 Å². The highest BCUT2D eigenvalue weighted by molar-refractivity contribution is 6.00. The van der Waals surface area contributed by atoms with Gasteiger partial charge in [-0.15, -0.1) is 0 Å². The molecule has 2 aliphatic heterocycles. The second-order valence-electron chi connectivity index (χ2n) is 10.1. The van der Waals surface area contributed by atoms with Crippen LogP contribution in [-0.4, -0.2) is 85.8 Å². The number of piperidine rings is 1. The third-order valence-corrected chi connectivity index (χ3v) is 7.62. The van der Waals surface area contributed by atoms with Crippen LogP contribution in [0.4, 0.5) is 27.5 Å². The minimum Gasteiger partial charge on any atom is -0.495 e. The Labute approximate surface area is 216 Å². The summed E-state index contributed by atoms with van der Waals surface area (Å²) < 4.78 is 20.2. The lowest BCUT2D eigenvalue weighted by Gasteiger charge is -2.38. The van der Waals surface area contributed by atoms with E-state index in [1.165, 1.54) is 12.0 Å². The number of aromatic nitrogens is 2. The number of likely N-dealkylation sites (tertiary alicyclic amines) is 1. The van der Waals surface area contributed by atoms with Gasteiger partial charge >= 0.3 is 0 Å². The first-order valence-electron chi connectivity index (χ1n) is 12.8. The van der Waals surface area contributed by atoms with E-state index in [-0.39, 0.29) is 24.5 Å². The summed E-state index contributed by atoms with van der Waals surface area (Å²) in [5, 5.41) is 6.29. The average Bonchev–Trinajstić information content (AvgIpc) is 2.95. The monoisotopic (exact) mass is 511 g/mol. The maximum Gasteiger partial charge on any atom is 0.263 e. The Hall–Kier alpha value is -3.47. The molecule has 1 saturated heterocycles. The summed E-state index contributed by atoms with van der Waals surface area (Å²) >= 11 is 0. The highest BCUT2D eigenvalue weighted by Crippen LogP contribution is 2.38. The first kappa shape index (κ1) is 25.2. The number of amides is 2. The molecule has 1 atom stereocenters. The molecule has 37 heavy (non-hydrogen) atoms. The Morgan fingerprint density at radius 2 is 1.92 bits per heavy atom. The average molecular weight is 512 g/mol. The molecule has 198 valence electrons. The Bertz CT molecular complexity index is 1170. The van der Waals surface area contributed by atoms with Crippen molar-refractivity contribution in [2.75, 3.05) is 56.0 Å². The molecule has 1 saturated carbocycles. The second kappa shape index (κ2) is 10.5. The molecule has 2 amide bonds. The number of carbonyl (C=O) groups excluding carboxylic acids is 2. The molecule has 2 aromatic rings. The van der Waals surface area contributed by atoms with E-state index in [9.17, 15) is 14.0 Å². The van der Waals surface area contributed by atoms with E-state index in [2.05, 4.69) is 27.6 Å². The summed E-state index contributed by atoms with van der Waals surface area (Å²) in [5.41, 5.74) is 1.58. The second-order valence-corrected chi connectivity index (χ2v) is 10.1. The molecule has 2 N–H and O–H groups in total. The van der Waals surface area contributed by atoms with E-state index in [4.69, 9.17) is 9.72 Å². The lowest BCUT2D eigenvalue weighted by molar-refractivity contribution is -0.122. The van der Waals surface area contributed by atoms with Crippen molar-refractivity contribution in [3.8, 4) is 5.75 Å². The van der Waals surface area contributed by atoms with Crippen LogP contribution in [0.25, 0.3) is 0 Å². The number of carbonyl (C=O) groups is 2. The number of alkyl halides is 1. The minimum absolute atomic E-state index is 0.0261. The first-order chi connectivity index (χ1) is 17.8. The van der Waals surface area contributed by atoms with Crippen molar-refractivity contribution in [3.63, 3.8) is 0 Å². The lowest BCUT2D eigenvalue weighted by Crippen LogP contribution is -2.45. The molecular formula is C26H34FN7O3. The van der Waals surface area contributed by atoms with Gasteiger partial charge in [-0.2, -0.15) is 4.98 Å². The summed E-state index contributed by atoms with van der Waals surface area (Å²) in [5.74, 6) is 0.573. The Morgan fingerprint density at radius 3 is 2.59 bits per heavy atom. The number of nitrogens with zero attached hydrogens (tertiary/aromatic N) is 5. The van der Waals surface area contributed by atoms with Gasteiger partial charge in [-0.25, -0.2) is 9.37 Å². The summed E-state index contributed by atoms with van der Waals surface area (Å²) in [4.78, 5) is 39.8. The third-order valence-electron chi connectivity index (χ3n) is 7.62. The molecule has 11 heteroatoms. The van der Waals surface area contributed by atoms with E-state index in [0.717, 1.165) is 45.2 Å². The molecule has 2 fully saturated rings. The third kappa shape index (κ3) is 5.18. The smallest absolute Gasteiger partial charge is 0.263 e. The summed E-state index contributed by atoms with van der Waals surface area (Å²) in [6.45, 7) is 1.90. The van der Waals surface area contributed by atoms with Crippen molar-refractivity contribution in [2.24, 2.45) is 0 Å². The van der Waals surface area contributed by atoms with Crippen molar-refractivity contribution in [3.05, 3.63) is 30.0 Å². The number of fused-ring (bicyclic) bond motifs is 1. The molecule has 10 nitrogen and oxygen atoms in total. The minimum atomic E-state index is -1.62. The lowest BCUT2D eigenvalue weighted by atomic mass is 9.91. The van der Waals surface area contributed by atoms with Gasteiger partial charge in [0, 0.05) is 24.7 Å². The Kier molecular flexibility index (Phi) is 7.14. The van der Waals surface area contributed by atoms with Gasteiger partial charge in [-0.1, -0.05) is 0 Å². The van der Waals surface area contributed by atoms with Gasteiger partial charge in [-0.3, -0.25) is 9.59 Å². The Balaban J connectivity index is 1.36. The number of rotatable bonds is 6. The predicted octanol–water partition coefficient (Wildman–Crippen LogP) is 2.73.